The molecule has 4 nitrogen and oxygen atoms in total. The summed E-state index contributed by atoms with van der Waals surface area (Å²) in [5.74, 6) is 0. The van der Waals surface area contributed by atoms with Gasteiger partial charge in [-0.15, -0.1) is 0 Å². The molecule has 0 radical (unpaired) electrons. The van der Waals surface area contributed by atoms with Crippen LogP contribution in [0.5, 0.6) is 0 Å². The zero-order valence-electron chi connectivity index (χ0n) is 15.3. The van der Waals surface area contributed by atoms with E-state index in [-0.39, 0.29) is 6.04 Å². The molecule has 0 saturated heterocycles. The molecule has 3 aromatic carbocycles. The van der Waals surface area contributed by atoms with Crippen molar-refractivity contribution in [2.24, 2.45) is 0 Å². The van der Waals surface area contributed by atoms with Crippen molar-refractivity contribution < 1.29 is 4.42 Å². The second-order valence-corrected chi connectivity index (χ2v) is 7.78. The normalized spacial score (nSPS) is 14.1. The Morgan fingerprint density at radius 3 is 2.62 bits per heavy atom. The third-order valence-electron chi connectivity index (χ3n) is 4.98. The van der Waals surface area contributed by atoms with E-state index in [1.165, 1.54) is 11.1 Å². The predicted molar refractivity (Wildman–Crippen MR) is 118 cm³/mol. The minimum absolute atomic E-state index is 0.177. The van der Waals surface area contributed by atoms with Crippen LogP contribution in [0.4, 0.5) is 6.01 Å². The van der Waals surface area contributed by atoms with Crippen molar-refractivity contribution in [2.45, 2.75) is 12.6 Å². The molecule has 1 aliphatic rings. The van der Waals surface area contributed by atoms with Gasteiger partial charge in [0.25, 0.3) is 6.01 Å². The number of anilines is 1. The van der Waals surface area contributed by atoms with Gasteiger partial charge in [-0.3, -0.25) is 0 Å². The fourth-order valence-corrected chi connectivity index (χ4v) is 3.80. The molecule has 1 atom stereocenters. The van der Waals surface area contributed by atoms with Crippen LogP contribution in [0, 0.1) is 0 Å². The first kappa shape index (κ1) is 18.1. The second kappa shape index (κ2) is 7.47. The fourth-order valence-electron chi connectivity index (χ4n) is 3.52. The van der Waals surface area contributed by atoms with Crippen LogP contribution in [-0.4, -0.2) is 4.98 Å². The maximum absolute atomic E-state index is 6.10. The number of oxazole rings is 1. The minimum atomic E-state index is -0.177. The standard InChI is InChI=1S/C23H17Cl2N3O/c24-17-7-5-14(6-8-17)22(20-11-15-3-1-2-4-16(15)13-26-20)28-23-27-19-10-9-18(25)12-21(19)29-23/h1-12,22,26H,13H2,(H,27,28). The molecule has 6 heteroatoms. The summed E-state index contributed by atoms with van der Waals surface area (Å²) in [7, 11) is 0. The summed E-state index contributed by atoms with van der Waals surface area (Å²) in [4.78, 5) is 4.56. The first-order valence-corrected chi connectivity index (χ1v) is 10.0. The molecule has 0 bridgehead atoms. The van der Waals surface area contributed by atoms with Crippen LogP contribution in [0.1, 0.15) is 22.7 Å². The number of rotatable bonds is 4. The van der Waals surface area contributed by atoms with Crippen molar-refractivity contribution in [3.8, 4) is 0 Å². The van der Waals surface area contributed by atoms with Crippen molar-refractivity contribution in [3.63, 3.8) is 0 Å². The Kier molecular flexibility index (Phi) is 4.66. The molecule has 144 valence electrons. The Morgan fingerprint density at radius 1 is 0.966 bits per heavy atom. The van der Waals surface area contributed by atoms with Crippen LogP contribution in [0.25, 0.3) is 17.2 Å². The number of halogens is 2. The molecule has 1 aromatic heterocycles. The van der Waals surface area contributed by atoms with E-state index in [0.717, 1.165) is 23.3 Å². The topological polar surface area (TPSA) is 50.1 Å². The molecule has 2 heterocycles. The molecular weight excluding hydrogens is 405 g/mol. The van der Waals surface area contributed by atoms with Gasteiger partial charge >= 0.3 is 0 Å². The summed E-state index contributed by atoms with van der Waals surface area (Å²) in [5.41, 5.74) is 5.95. The maximum Gasteiger partial charge on any atom is 0.296 e. The molecule has 0 spiro atoms. The van der Waals surface area contributed by atoms with Gasteiger partial charge in [-0.2, -0.15) is 4.98 Å². The number of nitrogens with one attached hydrogen (secondary N) is 2. The van der Waals surface area contributed by atoms with Crippen LogP contribution in [0.15, 0.2) is 76.8 Å². The number of benzene rings is 3. The zero-order chi connectivity index (χ0) is 19.8. The van der Waals surface area contributed by atoms with Crippen molar-refractivity contribution in [2.75, 3.05) is 5.32 Å². The zero-order valence-corrected chi connectivity index (χ0v) is 16.8. The molecule has 2 N–H and O–H groups in total. The first-order chi connectivity index (χ1) is 14.2. The van der Waals surface area contributed by atoms with Gasteiger partial charge in [0, 0.05) is 28.4 Å². The quantitative estimate of drug-likeness (QED) is 0.398. The largest absolute Gasteiger partial charge is 0.423 e. The number of hydrogen-bond donors (Lipinski definition) is 2. The van der Waals surface area contributed by atoms with E-state index < -0.39 is 0 Å². The van der Waals surface area contributed by atoms with Gasteiger partial charge in [-0.1, -0.05) is 59.6 Å². The molecule has 1 unspecified atom stereocenters. The van der Waals surface area contributed by atoms with E-state index >= 15 is 0 Å². The predicted octanol–water partition coefficient (Wildman–Crippen LogP) is 6.43. The molecular formula is C23H17Cl2N3O. The van der Waals surface area contributed by atoms with E-state index in [1.807, 2.05) is 36.4 Å². The Hall–Kier alpha value is -2.95. The Morgan fingerprint density at radius 2 is 1.76 bits per heavy atom. The van der Waals surface area contributed by atoms with Crippen molar-refractivity contribution in [1.29, 1.82) is 0 Å². The van der Waals surface area contributed by atoms with Gasteiger partial charge in [-0.05, 0) is 47.0 Å². The highest BCUT2D eigenvalue weighted by molar-refractivity contribution is 6.31. The summed E-state index contributed by atoms with van der Waals surface area (Å²) < 4.78 is 5.90. The van der Waals surface area contributed by atoms with Crippen LogP contribution >= 0.6 is 23.2 Å². The van der Waals surface area contributed by atoms with E-state index in [4.69, 9.17) is 27.6 Å². The smallest absolute Gasteiger partial charge is 0.296 e. The average Bonchev–Trinajstić information content (AvgIpc) is 3.14. The lowest BCUT2D eigenvalue weighted by molar-refractivity contribution is 0.599. The van der Waals surface area contributed by atoms with Crippen molar-refractivity contribution >= 4 is 46.4 Å². The number of fused-ring (bicyclic) bond motifs is 2. The second-order valence-electron chi connectivity index (χ2n) is 6.91. The van der Waals surface area contributed by atoms with E-state index in [0.29, 0.717) is 21.6 Å². The molecule has 0 saturated carbocycles. The summed E-state index contributed by atoms with van der Waals surface area (Å²) in [6, 6.07) is 21.8. The fraction of sp³-hybridized carbons (Fsp3) is 0.0870. The third-order valence-corrected chi connectivity index (χ3v) is 5.47. The Labute approximate surface area is 178 Å². The first-order valence-electron chi connectivity index (χ1n) is 9.27. The lowest BCUT2D eigenvalue weighted by atomic mass is 9.96. The van der Waals surface area contributed by atoms with Gasteiger partial charge in [0.1, 0.15) is 5.52 Å². The molecule has 5 rings (SSSR count). The van der Waals surface area contributed by atoms with E-state index in [1.54, 1.807) is 12.1 Å². The van der Waals surface area contributed by atoms with Crippen molar-refractivity contribution in [1.82, 2.24) is 10.3 Å². The molecule has 0 fully saturated rings. The minimum Gasteiger partial charge on any atom is -0.423 e. The van der Waals surface area contributed by atoms with Gasteiger partial charge in [0.2, 0.25) is 0 Å². The van der Waals surface area contributed by atoms with Crippen LogP contribution in [0.2, 0.25) is 10.0 Å². The molecule has 4 aromatic rings. The van der Waals surface area contributed by atoms with Crippen LogP contribution in [-0.2, 0) is 6.54 Å². The summed E-state index contributed by atoms with van der Waals surface area (Å²) in [5, 5.41) is 8.26. The average molecular weight is 422 g/mol. The highest BCUT2D eigenvalue weighted by Crippen LogP contribution is 2.32. The van der Waals surface area contributed by atoms with Crippen LogP contribution < -0.4 is 10.6 Å². The Bertz CT molecular complexity index is 1210. The number of hydrogen-bond acceptors (Lipinski definition) is 4. The van der Waals surface area contributed by atoms with E-state index in [2.05, 4.69) is 39.9 Å². The lowest BCUT2D eigenvalue weighted by Crippen LogP contribution is -2.26. The number of nitrogens with zero attached hydrogens (tertiary/aromatic N) is 1. The van der Waals surface area contributed by atoms with Gasteiger partial charge in [0.15, 0.2) is 5.58 Å². The van der Waals surface area contributed by atoms with Gasteiger partial charge in [0.05, 0.1) is 6.04 Å². The highest BCUT2D eigenvalue weighted by Gasteiger charge is 2.22. The summed E-state index contributed by atoms with van der Waals surface area (Å²) in [6.45, 7) is 0.761. The molecule has 0 aliphatic carbocycles. The van der Waals surface area contributed by atoms with E-state index in [9.17, 15) is 0 Å². The van der Waals surface area contributed by atoms with Crippen LogP contribution in [0.3, 0.4) is 0 Å². The monoisotopic (exact) mass is 421 g/mol. The SMILES string of the molecule is Clc1ccc(C(Nc2nc3ccc(Cl)cc3o2)C2=Cc3ccccc3CN2)cc1. The van der Waals surface area contributed by atoms with Gasteiger partial charge in [-0.25, -0.2) is 0 Å². The third kappa shape index (κ3) is 3.69. The number of aromatic nitrogens is 1. The molecule has 29 heavy (non-hydrogen) atoms. The maximum atomic E-state index is 6.10. The summed E-state index contributed by atoms with van der Waals surface area (Å²) in [6.07, 6.45) is 2.16. The van der Waals surface area contributed by atoms with Crippen molar-refractivity contribution in [3.05, 3.63) is 99.2 Å². The summed E-state index contributed by atoms with van der Waals surface area (Å²) >= 11 is 12.2. The lowest BCUT2D eigenvalue weighted by Gasteiger charge is -2.26. The molecule has 0 amide bonds. The highest BCUT2D eigenvalue weighted by atomic mass is 35.5. The Balaban J connectivity index is 1.55. The van der Waals surface area contributed by atoms with Gasteiger partial charge < -0.3 is 15.1 Å². The molecule has 1 aliphatic heterocycles.